The van der Waals surface area contributed by atoms with Gasteiger partial charge in [-0.05, 0) is 30.7 Å². The summed E-state index contributed by atoms with van der Waals surface area (Å²) in [7, 11) is 0. The highest BCUT2D eigenvalue weighted by Crippen LogP contribution is 2.12. The summed E-state index contributed by atoms with van der Waals surface area (Å²) in [5.41, 5.74) is 7.53. The Morgan fingerprint density at radius 1 is 1.25 bits per heavy atom. The van der Waals surface area contributed by atoms with Crippen LogP contribution in [-0.2, 0) is 6.61 Å². The summed E-state index contributed by atoms with van der Waals surface area (Å²) in [6.07, 6.45) is 3.36. The first-order valence-electron chi connectivity index (χ1n) is 5.00. The van der Waals surface area contributed by atoms with Crippen LogP contribution in [0.5, 0.6) is 5.75 Å². The maximum atomic E-state index is 5.55. The molecule has 4 nitrogen and oxygen atoms in total. The zero-order valence-electron chi connectivity index (χ0n) is 9.05. The van der Waals surface area contributed by atoms with Crippen molar-refractivity contribution in [1.82, 2.24) is 9.97 Å². The third-order valence-electron chi connectivity index (χ3n) is 2.25. The molecular formula is C12H13N3O. The molecule has 2 aromatic rings. The van der Waals surface area contributed by atoms with Gasteiger partial charge < -0.3 is 10.5 Å². The average molecular weight is 215 g/mol. The average Bonchev–Trinajstić information content (AvgIpc) is 2.30. The molecule has 0 aromatic carbocycles. The van der Waals surface area contributed by atoms with Crippen LogP contribution < -0.4 is 10.5 Å². The van der Waals surface area contributed by atoms with Crippen molar-refractivity contribution in [2.45, 2.75) is 13.5 Å². The quantitative estimate of drug-likeness (QED) is 0.850. The number of anilines is 1. The SMILES string of the molecule is Cc1cccnc1COc1ccc(N)nc1. The topological polar surface area (TPSA) is 61.0 Å². The highest BCUT2D eigenvalue weighted by Gasteiger charge is 2.00. The molecule has 0 aliphatic carbocycles. The van der Waals surface area contributed by atoms with Crippen LogP contribution >= 0.6 is 0 Å². The first-order chi connectivity index (χ1) is 7.75. The molecule has 0 saturated carbocycles. The van der Waals surface area contributed by atoms with Crippen molar-refractivity contribution < 1.29 is 4.74 Å². The Balaban J connectivity index is 2.02. The number of aromatic nitrogens is 2. The fourth-order valence-corrected chi connectivity index (χ4v) is 1.30. The molecule has 0 amide bonds. The van der Waals surface area contributed by atoms with Crippen molar-refractivity contribution in [2.24, 2.45) is 0 Å². The Morgan fingerprint density at radius 3 is 2.81 bits per heavy atom. The van der Waals surface area contributed by atoms with E-state index in [1.165, 1.54) is 0 Å². The molecule has 0 aliphatic rings. The fourth-order valence-electron chi connectivity index (χ4n) is 1.30. The van der Waals surface area contributed by atoms with Crippen LogP contribution in [0.3, 0.4) is 0 Å². The van der Waals surface area contributed by atoms with Crippen LogP contribution in [0.4, 0.5) is 5.82 Å². The van der Waals surface area contributed by atoms with Gasteiger partial charge in [0, 0.05) is 6.20 Å². The first-order valence-corrected chi connectivity index (χ1v) is 5.00. The number of rotatable bonds is 3. The van der Waals surface area contributed by atoms with E-state index in [0.29, 0.717) is 18.2 Å². The lowest BCUT2D eigenvalue weighted by molar-refractivity contribution is 0.299. The summed E-state index contributed by atoms with van der Waals surface area (Å²) in [5.74, 6) is 1.18. The Kier molecular flexibility index (Phi) is 3.00. The molecule has 0 bridgehead atoms. The largest absolute Gasteiger partial charge is 0.486 e. The van der Waals surface area contributed by atoms with Gasteiger partial charge in [-0.25, -0.2) is 4.98 Å². The maximum Gasteiger partial charge on any atom is 0.138 e. The number of nitrogens with zero attached hydrogens (tertiary/aromatic N) is 2. The van der Waals surface area contributed by atoms with Crippen molar-refractivity contribution in [3.63, 3.8) is 0 Å². The smallest absolute Gasteiger partial charge is 0.138 e. The van der Waals surface area contributed by atoms with Crippen LogP contribution in [-0.4, -0.2) is 9.97 Å². The van der Waals surface area contributed by atoms with E-state index in [1.807, 2.05) is 19.1 Å². The van der Waals surface area contributed by atoms with Crippen LogP contribution in [0.15, 0.2) is 36.7 Å². The summed E-state index contributed by atoms with van der Waals surface area (Å²) < 4.78 is 5.55. The molecule has 4 heteroatoms. The molecule has 0 unspecified atom stereocenters. The molecular weight excluding hydrogens is 202 g/mol. The Bertz CT molecular complexity index is 468. The molecule has 16 heavy (non-hydrogen) atoms. The number of ether oxygens (including phenoxy) is 1. The molecule has 2 rings (SSSR count). The molecule has 82 valence electrons. The van der Waals surface area contributed by atoms with E-state index in [0.717, 1.165) is 11.3 Å². The summed E-state index contributed by atoms with van der Waals surface area (Å²) >= 11 is 0. The zero-order chi connectivity index (χ0) is 11.4. The first kappa shape index (κ1) is 10.4. The standard InChI is InChI=1S/C12H13N3O/c1-9-3-2-6-14-11(9)8-16-10-4-5-12(13)15-7-10/h2-7H,8H2,1H3,(H2,13,15). The Hall–Kier alpha value is -2.10. The molecule has 0 fully saturated rings. The second-order valence-electron chi connectivity index (χ2n) is 3.47. The monoisotopic (exact) mass is 215 g/mol. The number of hydrogen-bond acceptors (Lipinski definition) is 4. The minimum Gasteiger partial charge on any atom is -0.486 e. The molecule has 2 heterocycles. The van der Waals surface area contributed by atoms with Gasteiger partial charge in [0.2, 0.25) is 0 Å². The Morgan fingerprint density at radius 2 is 2.12 bits per heavy atom. The molecule has 0 aliphatic heterocycles. The van der Waals surface area contributed by atoms with Crippen molar-refractivity contribution in [3.05, 3.63) is 47.9 Å². The second kappa shape index (κ2) is 4.61. The summed E-state index contributed by atoms with van der Waals surface area (Å²) in [6, 6.07) is 7.41. The number of hydrogen-bond donors (Lipinski definition) is 1. The summed E-state index contributed by atoms with van der Waals surface area (Å²) in [5, 5.41) is 0. The van der Waals surface area contributed by atoms with Crippen LogP contribution in [0.2, 0.25) is 0 Å². The van der Waals surface area contributed by atoms with E-state index in [-0.39, 0.29) is 0 Å². The van der Waals surface area contributed by atoms with Crippen LogP contribution in [0.25, 0.3) is 0 Å². The predicted molar refractivity (Wildman–Crippen MR) is 62.0 cm³/mol. The van der Waals surface area contributed by atoms with E-state index in [1.54, 1.807) is 24.5 Å². The van der Waals surface area contributed by atoms with Crippen molar-refractivity contribution in [3.8, 4) is 5.75 Å². The third kappa shape index (κ3) is 2.48. The van der Waals surface area contributed by atoms with E-state index in [9.17, 15) is 0 Å². The summed E-state index contributed by atoms with van der Waals surface area (Å²) in [4.78, 5) is 8.19. The van der Waals surface area contributed by atoms with Gasteiger partial charge in [-0.1, -0.05) is 6.07 Å². The highest BCUT2D eigenvalue weighted by molar-refractivity contribution is 5.32. The van der Waals surface area contributed by atoms with Gasteiger partial charge in [-0.3, -0.25) is 4.98 Å². The van der Waals surface area contributed by atoms with Gasteiger partial charge in [0.05, 0.1) is 11.9 Å². The third-order valence-corrected chi connectivity index (χ3v) is 2.25. The van der Waals surface area contributed by atoms with E-state index < -0.39 is 0 Å². The van der Waals surface area contributed by atoms with E-state index >= 15 is 0 Å². The van der Waals surface area contributed by atoms with Crippen molar-refractivity contribution >= 4 is 5.82 Å². The minimum atomic E-state index is 0.443. The molecule has 0 spiro atoms. The lowest BCUT2D eigenvalue weighted by atomic mass is 10.2. The lowest BCUT2D eigenvalue weighted by Crippen LogP contribution is -2.01. The van der Waals surface area contributed by atoms with E-state index in [4.69, 9.17) is 10.5 Å². The van der Waals surface area contributed by atoms with Crippen molar-refractivity contribution in [1.29, 1.82) is 0 Å². The number of nitrogens with two attached hydrogens (primary N) is 1. The summed E-state index contributed by atoms with van der Waals surface area (Å²) in [6.45, 7) is 2.45. The second-order valence-corrected chi connectivity index (χ2v) is 3.47. The molecule has 0 radical (unpaired) electrons. The van der Waals surface area contributed by atoms with E-state index in [2.05, 4.69) is 9.97 Å². The Labute approximate surface area is 94.1 Å². The fraction of sp³-hybridized carbons (Fsp3) is 0.167. The van der Waals surface area contributed by atoms with Gasteiger partial charge in [0.1, 0.15) is 18.2 Å². The molecule has 2 N–H and O–H groups in total. The number of aryl methyl sites for hydroxylation is 1. The molecule has 2 aromatic heterocycles. The predicted octanol–water partition coefficient (Wildman–Crippen LogP) is 1.95. The molecule has 0 atom stereocenters. The van der Waals surface area contributed by atoms with Crippen LogP contribution in [0.1, 0.15) is 11.3 Å². The van der Waals surface area contributed by atoms with Gasteiger partial charge in [-0.2, -0.15) is 0 Å². The molecule has 0 saturated heterocycles. The van der Waals surface area contributed by atoms with Gasteiger partial charge in [0.25, 0.3) is 0 Å². The van der Waals surface area contributed by atoms with Gasteiger partial charge in [0.15, 0.2) is 0 Å². The maximum absolute atomic E-state index is 5.55. The minimum absolute atomic E-state index is 0.443. The van der Waals surface area contributed by atoms with Gasteiger partial charge >= 0.3 is 0 Å². The zero-order valence-corrected chi connectivity index (χ0v) is 9.05. The van der Waals surface area contributed by atoms with Crippen LogP contribution in [0, 0.1) is 6.92 Å². The highest BCUT2D eigenvalue weighted by atomic mass is 16.5. The van der Waals surface area contributed by atoms with Crippen molar-refractivity contribution in [2.75, 3.05) is 5.73 Å². The number of nitrogen functional groups attached to an aromatic ring is 1. The normalized spacial score (nSPS) is 10.1. The lowest BCUT2D eigenvalue weighted by Gasteiger charge is -2.07. The van der Waals surface area contributed by atoms with Gasteiger partial charge in [-0.15, -0.1) is 0 Å². The number of pyridine rings is 2.